The van der Waals surface area contributed by atoms with E-state index in [0.29, 0.717) is 22.3 Å². The number of methoxy groups -OCH3 is 2. The van der Waals surface area contributed by atoms with Gasteiger partial charge in [0.05, 0.1) is 72.1 Å². The number of nitrogens with zero attached hydrogens (tertiary/aromatic N) is 6. The average molecular weight is 1000 g/mol. The maximum Gasteiger partial charge on any atom is 0.119 e. The third-order valence-corrected chi connectivity index (χ3v) is 14.5. The zero-order chi connectivity index (χ0) is 53.3. The Labute approximate surface area is 451 Å². The van der Waals surface area contributed by atoms with Gasteiger partial charge in [-0.05, 0) is 212 Å². The molecule has 0 aliphatic rings. The first-order valence-electron chi connectivity index (χ1n) is 25.2. The molecule has 0 bridgehead atoms. The van der Waals surface area contributed by atoms with Gasteiger partial charge in [-0.2, -0.15) is 21.0 Å². The van der Waals surface area contributed by atoms with E-state index < -0.39 is 0 Å². The van der Waals surface area contributed by atoms with Gasteiger partial charge in [-0.3, -0.25) is 0 Å². The first-order valence-corrected chi connectivity index (χ1v) is 25.2. The molecule has 0 aromatic heterocycles. The Balaban J connectivity index is 1.10. The van der Waals surface area contributed by atoms with Gasteiger partial charge in [0.2, 0.25) is 0 Å². The minimum atomic E-state index is 0.579. The molecule has 0 N–H and O–H groups in total. The number of hydrogen-bond acceptors (Lipinski definition) is 8. The van der Waals surface area contributed by atoms with Crippen molar-refractivity contribution in [3.63, 3.8) is 0 Å². The van der Waals surface area contributed by atoms with Crippen LogP contribution in [0.2, 0.25) is 0 Å². The van der Waals surface area contributed by atoms with Crippen LogP contribution in [0.1, 0.15) is 22.3 Å². The summed E-state index contributed by atoms with van der Waals surface area (Å²) in [6.07, 6.45) is 0. The summed E-state index contributed by atoms with van der Waals surface area (Å²) in [6, 6.07) is 86.7. The molecule has 12 aromatic rings. The molecule has 0 aliphatic carbocycles. The zero-order valence-corrected chi connectivity index (χ0v) is 42.4. The Bertz CT molecular complexity index is 3970. The molecule has 12 aromatic carbocycles. The maximum absolute atomic E-state index is 9.71. The van der Waals surface area contributed by atoms with Crippen molar-refractivity contribution in [2.75, 3.05) is 24.0 Å². The molecule has 78 heavy (non-hydrogen) atoms. The van der Waals surface area contributed by atoms with Crippen molar-refractivity contribution in [1.29, 1.82) is 21.0 Å². The highest BCUT2D eigenvalue weighted by atomic mass is 16.5. The predicted molar refractivity (Wildman–Crippen MR) is 313 cm³/mol. The van der Waals surface area contributed by atoms with Crippen LogP contribution in [0.15, 0.2) is 231 Å². The van der Waals surface area contributed by atoms with E-state index in [1.165, 1.54) is 0 Å². The molecule has 0 fully saturated rings. The van der Waals surface area contributed by atoms with Gasteiger partial charge in [-0.15, -0.1) is 0 Å². The van der Waals surface area contributed by atoms with Crippen LogP contribution in [-0.2, 0) is 0 Å². The van der Waals surface area contributed by atoms with Crippen molar-refractivity contribution in [2.24, 2.45) is 0 Å². The van der Waals surface area contributed by atoms with Gasteiger partial charge in [0.25, 0.3) is 0 Å². The van der Waals surface area contributed by atoms with Gasteiger partial charge in [-0.25, -0.2) is 0 Å². The minimum absolute atomic E-state index is 0.579. The minimum Gasteiger partial charge on any atom is -0.497 e. The summed E-state index contributed by atoms with van der Waals surface area (Å²) in [4.78, 5) is 4.60. The summed E-state index contributed by atoms with van der Waals surface area (Å²) in [5.74, 6) is 1.47. The van der Waals surface area contributed by atoms with Crippen molar-refractivity contribution in [3.05, 3.63) is 253 Å². The first kappa shape index (κ1) is 47.8. The Hall–Kier alpha value is -11.2. The van der Waals surface area contributed by atoms with E-state index >= 15 is 0 Å². The van der Waals surface area contributed by atoms with Crippen LogP contribution in [0.3, 0.4) is 0 Å². The number of rotatable bonds is 12. The third-order valence-electron chi connectivity index (χ3n) is 14.5. The van der Waals surface area contributed by atoms with Crippen LogP contribution in [0.5, 0.6) is 11.5 Å². The molecule has 0 radical (unpaired) electrons. The number of nitriles is 4. The van der Waals surface area contributed by atoms with Gasteiger partial charge >= 0.3 is 0 Å². The SMILES string of the molecule is COc1ccc(N(c2cc(-c3ccc(C#N)cc3)cc(-c3ccc(C#N)cc3)c2)c2ccc3ccc4c(N(c5ccc(OC)cc5)c5cc(-c6ccc(C#N)cc6)cc(-c6ccc(C#N)cc6)c5)ccc5ccc2c3c54)cc1. The second-order valence-corrected chi connectivity index (χ2v) is 19.0. The van der Waals surface area contributed by atoms with Gasteiger partial charge in [0.15, 0.2) is 0 Å². The van der Waals surface area contributed by atoms with E-state index in [2.05, 4.69) is 143 Å². The van der Waals surface area contributed by atoms with Crippen LogP contribution in [0, 0.1) is 45.3 Å². The lowest BCUT2D eigenvalue weighted by Gasteiger charge is -2.30. The lowest BCUT2D eigenvalue weighted by atomic mass is 9.91. The highest BCUT2D eigenvalue weighted by Gasteiger charge is 2.24. The van der Waals surface area contributed by atoms with Crippen molar-refractivity contribution in [2.45, 2.75) is 0 Å². The standard InChI is InChI=1S/C70H44N6O2/c1-77-63-27-23-59(24-28-63)75(61-37-55(49-11-3-45(41-71)4-12-49)35-56(38-61)50-13-5-46(42-72)6-14-50)67-33-21-53-20-32-66-68(34-22-54-19-31-65(67)69(53)70(54)66)76(60-25-29-64(78-2)30-26-60)62-39-57(51-15-7-47(43-73)8-16-51)36-58(40-62)52-17-9-48(44-74)10-18-52/h3-40H,1-2H3. The fourth-order valence-electron chi connectivity index (χ4n) is 10.6. The first-order chi connectivity index (χ1) is 38.3. The summed E-state index contributed by atoms with van der Waals surface area (Å²) in [5.41, 5.74) is 15.5. The molecular formula is C70H44N6O2. The zero-order valence-electron chi connectivity index (χ0n) is 42.4. The van der Waals surface area contributed by atoms with Gasteiger partial charge in [-0.1, -0.05) is 84.9 Å². The quantitative estimate of drug-likeness (QED) is 0.111. The summed E-state index contributed by atoms with van der Waals surface area (Å²) >= 11 is 0. The number of ether oxygens (including phenoxy) is 2. The molecule has 0 spiro atoms. The summed E-state index contributed by atoms with van der Waals surface area (Å²) < 4.78 is 11.4. The van der Waals surface area contributed by atoms with E-state index in [0.717, 1.165) is 122 Å². The smallest absolute Gasteiger partial charge is 0.119 e. The molecule has 12 rings (SSSR count). The second-order valence-electron chi connectivity index (χ2n) is 19.0. The monoisotopic (exact) mass is 1000 g/mol. The summed E-state index contributed by atoms with van der Waals surface area (Å²) in [6.45, 7) is 0. The van der Waals surface area contributed by atoms with Crippen molar-refractivity contribution < 1.29 is 9.47 Å². The maximum atomic E-state index is 9.71. The Morgan fingerprint density at radius 3 is 0.833 bits per heavy atom. The van der Waals surface area contributed by atoms with Crippen molar-refractivity contribution in [1.82, 2.24) is 0 Å². The second kappa shape index (κ2) is 20.3. The Morgan fingerprint density at radius 2 is 0.564 bits per heavy atom. The highest BCUT2D eigenvalue weighted by molar-refractivity contribution is 6.28. The predicted octanol–water partition coefficient (Wildman–Crippen LogP) is 17.7. The lowest BCUT2D eigenvalue weighted by molar-refractivity contribution is 0.414. The topological polar surface area (TPSA) is 120 Å². The van der Waals surface area contributed by atoms with E-state index in [4.69, 9.17) is 9.47 Å². The van der Waals surface area contributed by atoms with Gasteiger partial charge in [0, 0.05) is 33.5 Å². The van der Waals surface area contributed by atoms with Crippen LogP contribution >= 0.6 is 0 Å². The molecule has 8 nitrogen and oxygen atoms in total. The average Bonchev–Trinajstić information content (AvgIpc) is 3.69. The van der Waals surface area contributed by atoms with E-state index in [1.807, 2.05) is 121 Å². The molecule has 0 atom stereocenters. The van der Waals surface area contributed by atoms with Crippen molar-refractivity contribution >= 4 is 66.4 Å². The summed E-state index contributed by atoms with van der Waals surface area (Å²) in [5, 5.41) is 45.3. The molecule has 0 unspecified atom stereocenters. The van der Waals surface area contributed by atoms with E-state index in [9.17, 15) is 21.0 Å². The van der Waals surface area contributed by atoms with Crippen LogP contribution in [-0.4, -0.2) is 14.2 Å². The molecule has 0 aliphatic heterocycles. The van der Waals surface area contributed by atoms with Crippen LogP contribution < -0.4 is 19.3 Å². The molecular weight excluding hydrogens is 957 g/mol. The largest absolute Gasteiger partial charge is 0.497 e. The van der Waals surface area contributed by atoms with Crippen LogP contribution in [0.4, 0.5) is 34.1 Å². The van der Waals surface area contributed by atoms with E-state index in [1.54, 1.807) is 14.2 Å². The number of anilines is 6. The molecule has 8 heteroatoms. The molecule has 0 amide bonds. The fourth-order valence-corrected chi connectivity index (χ4v) is 10.6. The molecule has 0 saturated heterocycles. The number of hydrogen-bond donors (Lipinski definition) is 0. The van der Waals surface area contributed by atoms with Gasteiger partial charge in [0.1, 0.15) is 11.5 Å². The third kappa shape index (κ3) is 8.85. The highest BCUT2D eigenvalue weighted by Crippen LogP contribution is 2.49. The molecule has 366 valence electrons. The van der Waals surface area contributed by atoms with Crippen molar-refractivity contribution in [3.8, 4) is 80.3 Å². The van der Waals surface area contributed by atoms with E-state index in [-0.39, 0.29) is 0 Å². The Morgan fingerprint density at radius 1 is 0.282 bits per heavy atom. The lowest BCUT2D eigenvalue weighted by Crippen LogP contribution is -2.12. The normalized spacial score (nSPS) is 10.9. The van der Waals surface area contributed by atoms with Crippen LogP contribution in [0.25, 0.3) is 76.8 Å². The fraction of sp³-hybridized carbons (Fsp3) is 0.0286. The Kier molecular flexibility index (Phi) is 12.4. The number of benzene rings is 12. The van der Waals surface area contributed by atoms with Gasteiger partial charge < -0.3 is 19.3 Å². The summed E-state index contributed by atoms with van der Waals surface area (Å²) in [7, 11) is 3.34. The molecule has 0 heterocycles. The molecule has 0 saturated carbocycles.